The first-order valence-electron chi connectivity index (χ1n) is 5.13. The molecule has 3 nitrogen and oxygen atoms in total. The quantitative estimate of drug-likeness (QED) is 0.490. The molecule has 15 heavy (non-hydrogen) atoms. The van der Waals surface area contributed by atoms with E-state index in [4.69, 9.17) is 12.2 Å². The average molecular weight is 244 g/mol. The minimum absolute atomic E-state index is 0.243. The fourth-order valence-electron chi connectivity index (χ4n) is 1.17. The van der Waals surface area contributed by atoms with Crippen molar-refractivity contribution in [1.82, 2.24) is 4.57 Å². The highest BCUT2D eigenvalue weighted by molar-refractivity contribution is 7.73. The van der Waals surface area contributed by atoms with Gasteiger partial charge in [-0.05, 0) is 25.6 Å². The molecule has 0 fully saturated rings. The third kappa shape index (κ3) is 3.14. The molecular weight excluding hydrogens is 228 g/mol. The standard InChI is InChI=1S/C10H16N2OS2/c1-3-5-6-11-7-8-9(13)12(4-2)10(14)15-8/h7,13H,3-6H2,1-2H3. The Morgan fingerprint density at radius 1 is 1.53 bits per heavy atom. The smallest absolute Gasteiger partial charge is 0.212 e. The van der Waals surface area contributed by atoms with Gasteiger partial charge in [0.05, 0.1) is 0 Å². The van der Waals surface area contributed by atoms with Crippen LogP contribution in [0.1, 0.15) is 31.6 Å². The molecule has 0 atom stereocenters. The zero-order chi connectivity index (χ0) is 11.3. The minimum atomic E-state index is 0.243. The number of aromatic nitrogens is 1. The van der Waals surface area contributed by atoms with Crippen molar-refractivity contribution >= 4 is 29.8 Å². The first kappa shape index (κ1) is 12.4. The molecule has 0 aromatic carbocycles. The number of aliphatic imine (C=N–C) groups is 1. The minimum Gasteiger partial charge on any atom is -0.493 e. The highest BCUT2D eigenvalue weighted by Crippen LogP contribution is 2.23. The summed E-state index contributed by atoms with van der Waals surface area (Å²) in [5, 5.41) is 9.78. The zero-order valence-corrected chi connectivity index (χ0v) is 10.7. The molecule has 84 valence electrons. The van der Waals surface area contributed by atoms with Gasteiger partial charge >= 0.3 is 0 Å². The first-order chi connectivity index (χ1) is 7.20. The molecule has 0 saturated heterocycles. The van der Waals surface area contributed by atoms with E-state index in [1.807, 2.05) is 6.92 Å². The van der Waals surface area contributed by atoms with E-state index in [2.05, 4.69) is 11.9 Å². The Labute approximate surface area is 99.1 Å². The lowest BCUT2D eigenvalue weighted by Crippen LogP contribution is -1.92. The molecule has 0 radical (unpaired) electrons. The molecule has 0 saturated carbocycles. The van der Waals surface area contributed by atoms with Gasteiger partial charge in [0.25, 0.3) is 0 Å². The molecule has 1 rings (SSSR count). The Kier molecular flexibility index (Phi) is 4.98. The van der Waals surface area contributed by atoms with E-state index in [-0.39, 0.29) is 5.88 Å². The summed E-state index contributed by atoms with van der Waals surface area (Å²) in [6, 6.07) is 0. The van der Waals surface area contributed by atoms with Crippen molar-refractivity contribution in [2.45, 2.75) is 33.2 Å². The van der Waals surface area contributed by atoms with Crippen LogP contribution in [0.3, 0.4) is 0 Å². The lowest BCUT2D eigenvalue weighted by molar-refractivity contribution is 0.419. The molecule has 1 aromatic rings. The summed E-state index contributed by atoms with van der Waals surface area (Å²) in [5.41, 5.74) is 0. The van der Waals surface area contributed by atoms with Crippen LogP contribution < -0.4 is 0 Å². The second-order valence-corrected chi connectivity index (χ2v) is 4.86. The predicted molar refractivity (Wildman–Crippen MR) is 67.9 cm³/mol. The van der Waals surface area contributed by atoms with Crippen molar-refractivity contribution in [2.24, 2.45) is 4.99 Å². The van der Waals surface area contributed by atoms with Crippen LogP contribution in [0.2, 0.25) is 0 Å². The number of hydrogen-bond acceptors (Lipinski definition) is 4. The van der Waals surface area contributed by atoms with Crippen molar-refractivity contribution in [3.63, 3.8) is 0 Å². The molecule has 1 N–H and O–H groups in total. The van der Waals surface area contributed by atoms with Gasteiger partial charge in [-0.3, -0.25) is 9.56 Å². The van der Waals surface area contributed by atoms with Crippen LogP contribution >= 0.6 is 23.6 Å². The van der Waals surface area contributed by atoms with Crippen molar-refractivity contribution in [3.05, 3.63) is 8.83 Å². The van der Waals surface area contributed by atoms with Crippen LogP contribution in [-0.4, -0.2) is 22.4 Å². The van der Waals surface area contributed by atoms with E-state index < -0.39 is 0 Å². The summed E-state index contributed by atoms with van der Waals surface area (Å²) < 4.78 is 2.41. The predicted octanol–water partition coefficient (Wildman–Crippen LogP) is 3.22. The maximum absolute atomic E-state index is 9.78. The summed E-state index contributed by atoms with van der Waals surface area (Å²) in [6.45, 7) is 5.60. The lowest BCUT2D eigenvalue weighted by atomic mass is 10.3. The van der Waals surface area contributed by atoms with Crippen molar-refractivity contribution in [3.8, 4) is 5.88 Å². The SMILES string of the molecule is CCCCN=Cc1sc(=S)n(CC)c1O. The van der Waals surface area contributed by atoms with Crippen LogP contribution in [0.15, 0.2) is 4.99 Å². The summed E-state index contributed by atoms with van der Waals surface area (Å²) in [5.74, 6) is 0.243. The van der Waals surface area contributed by atoms with Crippen LogP contribution in [0.5, 0.6) is 5.88 Å². The number of aromatic hydroxyl groups is 1. The van der Waals surface area contributed by atoms with Crippen molar-refractivity contribution in [2.75, 3.05) is 6.54 Å². The maximum Gasteiger partial charge on any atom is 0.212 e. The third-order valence-electron chi connectivity index (χ3n) is 2.06. The fraction of sp³-hybridized carbons (Fsp3) is 0.600. The molecule has 0 amide bonds. The lowest BCUT2D eigenvalue weighted by Gasteiger charge is -1.97. The van der Waals surface area contributed by atoms with Gasteiger partial charge in [-0.15, -0.1) is 0 Å². The number of thiazole rings is 1. The highest BCUT2D eigenvalue weighted by Gasteiger charge is 2.07. The van der Waals surface area contributed by atoms with Crippen LogP contribution in [0.25, 0.3) is 0 Å². The summed E-state index contributed by atoms with van der Waals surface area (Å²) in [7, 11) is 0. The number of hydrogen-bond donors (Lipinski definition) is 1. The third-order valence-corrected chi connectivity index (χ3v) is 3.43. The molecule has 0 bridgehead atoms. The second-order valence-electron chi connectivity index (χ2n) is 3.19. The maximum atomic E-state index is 9.78. The largest absolute Gasteiger partial charge is 0.493 e. The summed E-state index contributed by atoms with van der Waals surface area (Å²) >= 11 is 6.52. The topological polar surface area (TPSA) is 37.5 Å². The molecule has 0 aliphatic carbocycles. The van der Waals surface area contributed by atoms with E-state index in [0.29, 0.717) is 10.5 Å². The molecule has 0 aliphatic rings. The van der Waals surface area contributed by atoms with Gasteiger partial charge in [0, 0.05) is 19.3 Å². The van der Waals surface area contributed by atoms with Gasteiger partial charge < -0.3 is 5.11 Å². The van der Waals surface area contributed by atoms with Gasteiger partial charge in [-0.1, -0.05) is 24.7 Å². The Morgan fingerprint density at radius 2 is 2.27 bits per heavy atom. The molecular formula is C10H16N2OS2. The number of rotatable bonds is 5. The van der Waals surface area contributed by atoms with E-state index in [1.165, 1.54) is 11.3 Å². The monoisotopic (exact) mass is 244 g/mol. The van der Waals surface area contributed by atoms with Crippen LogP contribution in [0, 0.1) is 3.95 Å². The Balaban J connectivity index is 2.78. The Hall–Kier alpha value is -0.680. The fourth-order valence-corrected chi connectivity index (χ4v) is 2.50. The molecule has 5 heteroatoms. The highest BCUT2D eigenvalue weighted by atomic mass is 32.1. The van der Waals surface area contributed by atoms with Crippen LogP contribution in [0.4, 0.5) is 0 Å². The van der Waals surface area contributed by atoms with E-state index in [0.717, 1.165) is 24.3 Å². The molecule has 1 heterocycles. The van der Waals surface area contributed by atoms with Crippen LogP contribution in [-0.2, 0) is 6.54 Å². The van der Waals surface area contributed by atoms with Gasteiger partial charge in [0.15, 0.2) is 3.95 Å². The molecule has 1 aromatic heterocycles. The number of nitrogens with zero attached hydrogens (tertiary/aromatic N) is 2. The Morgan fingerprint density at radius 3 is 2.80 bits per heavy atom. The van der Waals surface area contributed by atoms with Gasteiger partial charge in [0.1, 0.15) is 4.88 Å². The Bertz CT molecular complexity index is 393. The van der Waals surface area contributed by atoms with Crippen molar-refractivity contribution in [1.29, 1.82) is 0 Å². The van der Waals surface area contributed by atoms with E-state index in [1.54, 1.807) is 10.8 Å². The van der Waals surface area contributed by atoms with Gasteiger partial charge in [0.2, 0.25) is 5.88 Å². The second kappa shape index (κ2) is 6.02. The van der Waals surface area contributed by atoms with Gasteiger partial charge in [-0.2, -0.15) is 0 Å². The molecule has 0 unspecified atom stereocenters. The van der Waals surface area contributed by atoms with Gasteiger partial charge in [-0.25, -0.2) is 0 Å². The molecule has 0 spiro atoms. The average Bonchev–Trinajstić information content (AvgIpc) is 2.49. The van der Waals surface area contributed by atoms with E-state index >= 15 is 0 Å². The van der Waals surface area contributed by atoms with Crippen molar-refractivity contribution < 1.29 is 5.11 Å². The zero-order valence-electron chi connectivity index (χ0n) is 9.06. The summed E-state index contributed by atoms with van der Waals surface area (Å²) in [4.78, 5) is 5.01. The normalized spacial score (nSPS) is 11.3. The molecule has 0 aliphatic heterocycles. The summed E-state index contributed by atoms with van der Waals surface area (Å²) in [6.07, 6.45) is 3.93. The number of unbranched alkanes of at least 4 members (excludes halogenated alkanes) is 1. The van der Waals surface area contributed by atoms with E-state index in [9.17, 15) is 5.11 Å². The first-order valence-corrected chi connectivity index (χ1v) is 6.35.